The summed E-state index contributed by atoms with van der Waals surface area (Å²) in [5.74, 6) is -2.03. The Morgan fingerprint density at radius 3 is 2.39 bits per heavy atom. The van der Waals surface area contributed by atoms with Gasteiger partial charge in [0, 0.05) is 10.9 Å². The van der Waals surface area contributed by atoms with E-state index in [1.807, 2.05) is 12.2 Å². The van der Waals surface area contributed by atoms with E-state index in [0.717, 1.165) is 56.9 Å². The Labute approximate surface area is 186 Å². The molecule has 166 valence electrons. The summed E-state index contributed by atoms with van der Waals surface area (Å²) in [4.78, 5) is 39.6. The third-order valence-corrected chi connectivity index (χ3v) is 8.83. The second-order valence-corrected chi connectivity index (χ2v) is 10.7. The van der Waals surface area contributed by atoms with Crippen LogP contribution in [0.4, 0.5) is 5.00 Å². The Balaban J connectivity index is 1.44. The fourth-order valence-electron chi connectivity index (χ4n) is 5.70. The second-order valence-electron chi connectivity index (χ2n) is 9.64. The van der Waals surface area contributed by atoms with Gasteiger partial charge in [0.2, 0.25) is 5.91 Å². The lowest BCUT2D eigenvalue weighted by atomic mass is 9.62. The van der Waals surface area contributed by atoms with Crippen molar-refractivity contribution < 1.29 is 19.5 Å². The van der Waals surface area contributed by atoms with Gasteiger partial charge in [0.05, 0.1) is 17.4 Å². The first-order chi connectivity index (χ1) is 15.0. The van der Waals surface area contributed by atoms with E-state index in [-0.39, 0.29) is 29.7 Å². The Kier molecular flexibility index (Phi) is 5.40. The topological polar surface area (TPSA) is 95.5 Å². The van der Waals surface area contributed by atoms with Crippen LogP contribution in [0.25, 0.3) is 0 Å². The van der Waals surface area contributed by atoms with Crippen molar-refractivity contribution in [2.45, 2.75) is 64.3 Å². The molecular weight excluding hydrogens is 412 g/mol. The van der Waals surface area contributed by atoms with Crippen LogP contribution in [0.1, 0.15) is 66.2 Å². The summed E-state index contributed by atoms with van der Waals surface area (Å²) in [5, 5.41) is 16.5. The zero-order chi connectivity index (χ0) is 21.7. The predicted octanol–water partition coefficient (Wildman–Crippen LogP) is 4.01. The maximum atomic E-state index is 13.4. The number of fused-ring (bicyclic) bond motifs is 3. The Bertz CT molecular complexity index is 948. The second kappa shape index (κ2) is 8.08. The number of hydrogen-bond acceptors (Lipinski definition) is 4. The lowest BCUT2D eigenvalue weighted by Gasteiger charge is -2.41. The number of carboxylic acids is 1. The highest BCUT2D eigenvalue weighted by molar-refractivity contribution is 7.17. The molecule has 6 nitrogen and oxygen atoms in total. The molecule has 2 saturated carbocycles. The van der Waals surface area contributed by atoms with E-state index < -0.39 is 17.8 Å². The third-order valence-electron chi connectivity index (χ3n) is 7.66. The number of hydrogen-bond donors (Lipinski definition) is 3. The molecule has 0 spiro atoms. The fourth-order valence-corrected chi connectivity index (χ4v) is 7.06. The summed E-state index contributed by atoms with van der Waals surface area (Å²) >= 11 is 1.52. The van der Waals surface area contributed by atoms with Gasteiger partial charge in [-0.15, -0.1) is 11.3 Å². The molecule has 0 saturated heterocycles. The molecular formula is C24H30N2O4S. The zero-order valence-electron chi connectivity index (χ0n) is 17.9. The maximum Gasteiger partial charge on any atom is 0.307 e. The monoisotopic (exact) mass is 442 g/mol. The van der Waals surface area contributed by atoms with Crippen LogP contribution < -0.4 is 10.6 Å². The first kappa shape index (κ1) is 20.7. The van der Waals surface area contributed by atoms with E-state index in [1.165, 1.54) is 16.2 Å². The van der Waals surface area contributed by atoms with Crippen LogP contribution in [0.2, 0.25) is 0 Å². The molecule has 2 fully saturated rings. The molecule has 3 N–H and O–H groups in total. The number of allylic oxidation sites excluding steroid dienone is 2. The molecule has 6 rings (SSSR count). The van der Waals surface area contributed by atoms with Gasteiger partial charge in [-0.3, -0.25) is 14.4 Å². The summed E-state index contributed by atoms with van der Waals surface area (Å²) in [6.45, 7) is 2.20. The Morgan fingerprint density at radius 1 is 1.06 bits per heavy atom. The normalized spacial score (nSPS) is 31.2. The van der Waals surface area contributed by atoms with Crippen molar-refractivity contribution in [1.82, 2.24) is 5.32 Å². The zero-order valence-corrected chi connectivity index (χ0v) is 18.7. The van der Waals surface area contributed by atoms with E-state index in [1.54, 1.807) is 0 Å². The number of aliphatic carboxylic acids is 1. The van der Waals surface area contributed by atoms with Crippen molar-refractivity contribution in [3.8, 4) is 0 Å². The highest BCUT2D eigenvalue weighted by Gasteiger charge is 2.48. The van der Waals surface area contributed by atoms with Crippen LogP contribution in [-0.4, -0.2) is 28.9 Å². The summed E-state index contributed by atoms with van der Waals surface area (Å²) in [7, 11) is 0. The SMILES string of the molecule is CC[C@@H]1CCc2c(sc(NC(=O)[C@H]3[C@@H](C(=O)O)[C@H]4C=C[C@H]3CC4)c2C(=O)NC2CC2)C1. The molecule has 2 amide bonds. The van der Waals surface area contributed by atoms with Crippen LogP contribution in [0.3, 0.4) is 0 Å². The molecule has 1 aromatic rings. The van der Waals surface area contributed by atoms with Gasteiger partial charge in [0.25, 0.3) is 5.91 Å². The smallest absolute Gasteiger partial charge is 0.307 e. The van der Waals surface area contributed by atoms with Gasteiger partial charge in [-0.25, -0.2) is 0 Å². The predicted molar refractivity (Wildman–Crippen MR) is 119 cm³/mol. The summed E-state index contributed by atoms with van der Waals surface area (Å²) in [6, 6.07) is 0.245. The molecule has 7 heteroatoms. The van der Waals surface area contributed by atoms with Gasteiger partial charge in [0.15, 0.2) is 0 Å². The van der Waals surface area contributed by atoms with Crippen molar-refractivity contribution in [3.63, 3.8) is 0 Å². The molecule has 0 radical (unpaired) electrons. The van der Waals surface area contributed by atoms with E-state index in [9.17, 15) is 19.5 Å². The van der Waals surface area contributed by atoms with Gasteiger partial charge in [-0.2, -0.15) is 0 Å². The maximum absolute atomic E-state index is 13.4. The van der Waals surface area contributed by atoms with Crippen molar-refractivity contribution in [2.75, 3.05) is 5.32 Å². The van der Waals surface area contributed by atoms with Crippen molar-refractivity contribution in [1.29, 1.82) is 0 Å². The first-order valence-electron chi connectivity index (χ1n) is 11.6. The van der Waals surface area contributed by atoms with Gasteiger partial charge in [-0.05, 0) is 68.3 Å². The summed E-state index contributed by atoms with van der Waals surface area (Å²) in [6.07, 6.45) is 11.7. The average molecular weight is 443 g/mol. The number of thiophene rings is 1. The third kappa shape index (κ3) is 3.81. The summed E-state index contributed by atoms with van der Waals surface area (Å²) < 4.78 is 0. The number of anilines is 1. The van der Waals surface area contributed by atoms with Gasteiger partial charge in [-0.1, -0.05) is 25.5 Å². The minimum Gasteiger partial charge on any atom is -0.481 e. The summed E-state index contributed by atoms with van der Waals surface area (Å²) in [5.41, 5.74) is 1.71. The molecule has 0 aliphatic heterocycles. The molecule has 1 aromatic heterocycles. The van der Waals surface area contributed by atoms with Gasteiger partial charge >= 0.3 is 5.97 Å². The quantitative estimate of drug-likeness (QED) is 0.580. The number of carbonyl (C=O) groups excluding carboxylic acids is 2. The molecule has 0 aromatic carbocycles. The number of carboxylic acid groups (broad SMARTS) is 1. The fraction of sp³-hybridized carbons (Fsp3) is 0.625. The van der Waals surface area contributed by atoms with E-state index >= 15 is 0 Å². The van der Waals surface area contributed by atoms with Gasteiger partial charge < -0.3 is 15.7 Å². The Morgan fingerprint density at radius 2 is 1.77 bits per heavy atom. The highest BCUT2D eigenvalue weighted by atomic mass is 32.1. The molecule has 31 heavy (non-hydrogen) atoms. The van der Waals surface area contributed by atoms with Crippen LogP contribution in [0.15, 0.2) is 12.2 Å². The Hall–Kier alpha value is -2.15. The number of nitrogens with one attached hydrogen (secondary N) is 2. The van der Waals surface area contributed by atoms with Crippen LogP contribution in [0.5, 0.6) is 0 Å². The first-order valence-corrected chi connectivity index (χ1v) is 12.4. The van der Waals surface area contributed by atoms with E-state index in [2.05, 4.69) is 17.6 Å². The molecule has 0 unspecified atom stereocenters. The highest BCUT2D eigenvalue weighted by Crippen LogP contribution is 2.46. The van der Waals surface area contributed by atoms with Gasteiger partial charge in [0.1, 0.15) is 5.00 Å². The lowest BCUT2D eigenvalue weighted by molar-refractivity contribution is -0.151. The standard InChI is InChI=1S/C24H30N2O4S/c1-2-12-3-10-16-17(11-12)31-23(20(16)22(28)25-15-8-9-15)26-21(27)18-13-4-6-14(7-5-13)19(18)24(29)30/h4,6,12-15,18-19H,2-3,5,7-11H2,1H3,(H,25,28)(H,26,27)(H,29,30)/t12-,13+,14+,18-,19+/m1/s1. The van der Waals surface area contributed by atoms with E-state index in [4.69, 9.17) is 0 Å². The lowest BCUT2D eigenvalue weighted by Crippen LogP contribution is -2.47. The van der Waals surface area contributed by atoms with Crippen molar-refractivity contribution in [2.24, 2.45) is 29.6 Å². The molecule has 1 heterocycles. The molecule has 5 aliphatic rings. The van der Waals surface area contributed by atoms with Crippen molar-refractivity contribution in [3.05, 3.63) is 28.2 Å². The number of carbonyl (C=O) groups is 3. The minimum absolute atomic E-state index is 0.0473. The number of amides is 2. The number of rotatable bonds is 6. The van der Waals surface area contributed by atoms with Crippen molar-refractivity contribution >= 4 is 34.1 Å². The average Bonchev–Trinajstić information content (AvgIpc) is 3.51. The molecule has 2 bridgehead atoms. The van der Waals surface area contributed by atoms with Crippen LogP contribution >= 0.6 is 11.3 Å². The van der Waals surface area contributed by atoms with Crippen LogP contribution in [-0.2, 0) is 22.4 Å². The largest absolute Gasteiger partial charge is 0.481 e. The molecule has 5 atom stereocenters. The molecule has 5 aliphatic carbocycles. The van der Waals surface area contributed by atoms with Crippen LogP contribution in [0, 0.1) is 29.6 Å². The van der Waals surface area contributed by atoms with E-state index in [0.29, 0.717) is 16.5 Å². The minimum atomic E-state index is -0.901.